The van der Waals surface area contributed by atoms with Gasteiger partial charge in [0.15, 0.2) is 0 Å². The Morgan fingerprint density at radius 3 is 2.57 bits per heavy atom. The minimum absolute atomic E-state index is 0.00676. The Kier molecular flexibility index (Phi) is 7.10. The summed E-state index contributed by atoms with van der Waals surface area (Å²) in [6.07, 6.45) is 0.173. The van der Waals surface area contributed by atoms with E-state index in [4.69, 9.17) is 16.2 Å². The van der Waals surface area contributed by atoms with Crippen LogP contribution in [0.25, 0.3) is 0 Å². The van der Waals surface area contributed by atoms with E-state index in [1.54, 1.807) is 0 Å². The van der Waals surface area contributed by atoms with Crippen molar-refractivity contribution in [2.45, 2.75) is 37.7 Å². The summed E-state index contributed by atoms with van der Waals surface area (Å²) in [6.45, 7) is 0.495. The van der Waals surface area contributed by atoms with Gasteiger partial charge in [0.05, 0.1) is 6.04 Å². The number of benzene rings is 1. The molecule has 0 radical (unpaired) electrons. The number of aromatic carboxylic acids is 1. The Balaban J connectivity index is 1.95. The Hall–Kier alpha value is -2.95. The van der Waals surface area contributed by atoms with Crippen molar-refractivity contribution in [3.8, 4) is 11.5 Å². The van der Waals surface area contributed by atoms with Crippen LogP contribution in [0.3, 0.4) is 0 Å². The van der Waals surface area contributed by atoms with Crippen molar-refractivity contribution in [3.05, 3.63) is 23.3 Å². The quantitative estimate of drug-likeness (QED) is 0.378. The number of likely N-dealkylation sites (tertiary alicyclic amines) is 1. The molecular weight excluding hydrogens is 369 g/mol. The zero-order chi connectivity index (χ0) is 20.8. The number of amides is 2. The van der Waals surface area contributed by atoms with Gasteiger partial charge in [-0.3, -0.25) is 4.79 Å². The third-order valence-corrected chi connectivity index (χ3v) is 4.50. The molecule has 6 N–H and O–H groups in total. The molecule has 1 unspecified atom stereocenters. The van der Waals surface area contributed by atoms with Crippen LogP contribution in [0.1, 0.15) is 28.8 Å². The maximum atomic E-state index is 12.0. The van der Waals surface area contributed by atoms with E-state index < -0.39 is 29.8 Å². The van der Waals surface area contributed by atoms with Gasteiger partial charge in [0.2, 0.25) is 5.91 Å². The van der Waals surface area contributed by atoms with Crippen LogP contribution in [0.2, 0.25) is 6.32 Å². The number of nitrogens with two attached hydrogens (primary N) is 2. The number of hydrogen-bond acceptors (Lipinski definition) is 7. The van der Waals surface area contributed by atoms with Crippen molar-refractivity contribution in [1.29, 1.82) is 0 Å². The predicted octanol–water partition coefficient (Wildman–Crippen LogP) is -0.717. The zero-order valence-corrected chi connectivity index (χ0v) is 15.2. The number of rotatable bonds is 10. The molecule has 1 aromatic rings. The fraction of sp³-hybridized carbons (Fsp3) is 0.471. The van der Waals surface area contributed by atoms with Crippen LogP contribution >= 0.6 is 0 Å². The zero-order valence-electron chi connectivity index (χ0n) is 15.2. The third-order valence-electron chi connectivity index (χ3n) is 4.50. The first kappa shape index (κ1) is 21.4. The summed E-state index contributed by atoms with van der Waals surface area (Å²) in [5.41, 5.74) is 10.5. The summed E-state index contributed by atoms with van der Waals surface area (Å²) >= 11 is 0. The van der Waals surface area contributed by atoms with E-state index in [-0.39, 0.29) is 55.9 Å². The molecule has 2 rings (SSSR count). The van der Waals surface area contributed by atoms with Gasteiger partial charge >= 0.3 is 126 Å². The molecule has 150 valence electrons. The summed E-state index contributed by atoms with van der Waals surface area (Å²) in [5.74, 6) is -2.67. The Morgan fingerprint density at radius 1 is 1.32 bits per heavy atom. The molecule has 1 aliphatic heterocycles. The summed E-state index contributed by atoms with van der Waals surface area (Å²) < 4.78 is 16.1. The minimum atomic E-state index is -1.35. The first-order chi connectivity index (χ1) is 13.2. The van der Waals surface area contributed by atoms with Gasteiger partial charge in [0.25, 0.3) is 0 Å². The third kappa shape index (κ3) is 5.06. The summed E-state index contributed by atoms with van der Waals surface area (Å²) in [6, 6.07) is 2.06. The first-order valence-corrected chi connectivity index (χ1v) is 8.75. The van der Waals surface area contributed by atoms with Crippen molar-refractivity contribution >= 4 is 24.9 Å². The van der Waals surface area contributed by atoms with Gasteiger partial charge in [-0.05, 0) is 6.42 Å². The number of carboxylic acids is 1. The van der Waals surface area contributed by atoms with Crippen molar-refractivity contribution in [2.24, 2.45) is 11.5 Å². The predicted molar refractivity (Wildman–Crippen MR) is 97.4 cm³/mol. The van der Waals surface area contributed by atoms with Gasteiger partial charge in [-0.2, -0.15) is 0 Å². The summed E-state index contributed by atoms with van der Waals surface area (Å²) in [5, 5.41) is 19.6. The first-order valence-electron chi connectivity index (χ1n) is 8.75. The van der Waals surface area contributed by atoms with Crippen LogP contribution in [0.4, 0.5) is 0 Å². The Morgan fingerprint density at radius 2 is 2.00 bits per heavy atom. The van der Waals surface area contributed by atoms with Gasteiger partial charge in [-0.15, -0.1) is 0 Å². The molecule has 1 aromatic carbocycles. The Labute approximate surface area is 161 Å². The van der Waals surface area contributed by atoms with Gasteiger partial charge in [0, 0.05) is 0 Å². The van der Waals surface area contributed by atoms with Crippen molar-refractivity contribution in [1.82, 2.24) is 4.90 Å². The molecule has 1 fully saturated rings. The average Bonchev–Trinajstić information content (AvgIpc) is 2.60. The summed E-state index contributed by atoms with van der Waals surface area (Å²) in [7, 11) is 0.681. The molecular formula is C17H22BN3O7. The standard InChI is InChI=1S/C17H22BN3O7/c19-11(16(20)24)2-4-13(22)21-7-10(8-21)28-12-3-1-9(5-6-18-27)15(23)14(12)17(25)26/h1,3,10-11,23H,2,4-8,19H2,(H2,20,24)(H,25,26). The van der Waals surface area contributed by atoms with Gasteiger partial charge in [-0.1, -0.05) is 0 Å². The number of aromatic hydroxyl groups is 1. The number of hydrogen-bond donors (Lipinski definition) is 4. The van der Waals surface area contributed by atoms with E-state index >= 15 is 0 Å². The van der Waals surface area contributed by atoms with Crippen LogP contribution in [0.5, 0.6) is 11.5 Å². The van der Waals surface area contributed by atoms with Crippen molar-refractivity contribution < 1.29 is 34.0 Å². The van der Waals surface area contributed by atoms with Gasteiger partial charge in [0.1, 0.15) is 0 Å². The molecule has 10 nitrogen and oxygen atoms in total. The van der Waals surface area contributed by atoms with Crippen molar-refractivity contribution in [3.63, 3.8) is 0 Å². The van der Waals surface area contributed by atoms with Crippen LogP contribution < -0.4 is 16.2 Å². The second-order valence-electron chi connectivity index (χ2n) is 6.54. The van der Waals surface area contributed by atoms with Gasteiger partial charge < -0.3 is 11.5 Å². The van der Waals surface area contributed by atoms with E-state index in [9.17, 15) is 29.3 Å². The molecule has 2 amide bonds. The summed E-state index contributed by atoms with van der Waals surface area (Å²) in [4.78, 5) is 35.9. The SMILES string of the molecule is NC(=O)C(N)CCC(=O)N1CC(Oc2ccc(CCB=O)c(O)c2C(=O)O)C1. The number of carboxylic acid groups (broad SMARTS) is 1. The molecule has 1 atom stereocenters. The van der Waals surface area contributed by atoms with Gasteiger partial charge in [-0.25, -0.2) is 0 Å². The topological polar surface area (TPSA) is 173 Å². The molecule has 1 heterocycles. The van der Waals surface area contributed by atoms with E-state index in [0.717, 1.165) is 0 Å². The second kappa shape index (κ2) is 9.31. The molecule has 0 aliphatic carbocycles. The van der Waals surface area contributed by atoms with E-state index in [2.05, 4.69) is 0 Å². The van der Waals surface area contributed by atoms with E-state index in [1.807, 2.05) is 0 Å². The van der Waals surface area contributed by atoms with Crippen LogP contribution in [-0.4, -0.2) is 65.3 Å². The molecule has 0 saturated carbocycles. The van der Waals surface area contributed by atoms with Crippen molar-refractivity contribution in [2.75, 3.05) is 13.1 Å². The van der Waals surface area contributed by atoms with Crippen LogP contribution in [0.15, 0.2) is 12.1 Å². The average molecular weight is 391 g/mol. The molecule has 1 aliphatic rings. The van der Waals surface area contributed by atoms with E-state index in [0.29, 0.717) is 12.7 Å². The number of aryl methyl sites for hydroxylation is 1. The maximum absolute atomic E-state index is 12.0. The normalized spacial score (nSPS) is 14.7. The van der Waals surface area contributed by atoms with E-state index in [1.165, 1.54) is 17.0 Å². The number of ether oxygens (including phenoxy) is 1. The van der Waals surface area contributed by atoms with Crippen LogP contribution in [0, 0.1) is 0 Å². The number of nitrogens with zero attached hydrogens (tertiary/aromatic N) is 1. The fourth-order valence-electron chi connectivity index (χ4n) is 2.81. The molecule has 0 bridgehead atoms. The molecule has 11 heteroatoms. The molecule has 28 heavy (non-hydrogen) atoms. The monoisotopic (exact) mass is 391 g/mol. The molecule has 1 saturated heterocycles. The number of phenols is 1. The number of primary amides is 1. The second-order valence-corrected chi connectivity index (χ2v) is 6.54. The molecule has 0 spiro atoms. The Bertz CT molecular complexity index is 780. The molecule has 0 aromatic heterocycles. The number of carbonyl (C=O) groups excluding carboxylic acids is 2. The number of carbonyl (C=O) groups is 3. The fourth-order valence-corrected chi connectivity index (χ4v) is 2.81. The van der Waals surface area contributed by atoms with Crippen LogP contribution in [-0.2, 0) is 20.7 Å².